The molecule has 0 saturated carbocycles. The van der Waals surface area contributed by atoms with Crippen molar-refractivity contribution < 1.29 is 19.4 Å². The zero-order valence-corrected chi connectivity index (χ0v) is 20.8. The number of benzene rings is 2. The second kappa shape index (κ2) is 14.2. The molecular formula is C26H31BrN2O4. The van der Waals surface area contributed by atoms with E-state index >= 15 is 0 Å². The number of carbonyl (C=O) groups excluding carboxylic acids is 1. The topological polar surface area (TPSA) is 91.6 Å². The van der Waals surface area contributed by atoms with Gasteiger partial charge in [-0.25, -0.2) is 0 Å². The van der Waals surface area contributed by atoms with E-state index < -0.39 is 5.91 Å². The van der Waals surface area contributed by atoms with Crippen molar-refractivity contribution in [3.05, 3.63) is 52.0 Å². The minimum atomic E-state index is -0.541. The number of rotatable bonds is 13. The Morgan fingerprint density at radius 2 is 1.79 bits per heavy atom. The standard InChI is InChI=1S/C26H31BrN2O4/c1-3-5-6-7-8-9-14-33-25-23(27)16-19(17-24(25)32-4-2)15-20(18-28)26(31)29-21-10-12-22(30)13-11-21/h10-13,15-17,30H,3-9,14H2,1-2H3,(H,29,31)/b20-15+. The maximum Gasteiger partial charge on any atom is 0.266 e. The smallest absolute Gasteiger partial charge is 0.266 e. The van der Waals surface area contributed by atoms with Crippen molar-refractivity contribution in [2.24, 2.45) is 0 Å². The van der Waals surface area contributed by atoms with Gasteiger partial charge in [0.05, 0.1) is 17.7 Å². The number of ether oxygens (including phenoxy) is 2. The van der Waals surface area contributed by atoms with Gasteiger partial charge in [-0.15, -0.1) is 0 Å². The molecule has 176 valence electrons. The van der Waals surface area contributed by atoms with Crippen LogP contribution in [0.25, 0.3) is 6.08 Å². The Labute approximate surface area is 204 Å². The number of phenols is 1. The molecule has 6 nitrogen and oxygen atoms in total. The molecule has 0 fully saturated rings. The molecule has 0 aromatic heterocycles. The van der Waals surface area contributed by atoms with Gasteiger partial charge in [0.15, 0.2) is 11.5 Å². The average Bonchev–Trinajstić information content (AvgIpc) is 2.80. The largest absolute Gasteiger partial charge is 0.508 e. The molecule has 0 unspecified atom stereocenters. The van der Waals surface area contributed by atoms with Crippen LogP contribution in [0.5, 0.6) is 17.2 Å². The minimum absolute atomic E-state index is 0.0572. The van der Waals surface area contributed by atoms with Crippen LogP contribution in [0.15, 0.2) is 46.4 Å². The minimum Gasteiger partial charge on any atom is -0.508 e. The first-order chi connectivity index (χ1) is 16.0. The van der Waals surface area contributed by atoms with E-state index in [2.05, 4.69) is 28.2 Å². The highest BCUT2D eigenvalue weighted by molar-refractivity contribution is 9.10. The molecule has 0 aliphatic heterocycles. The molecule has 0 radical (unpaired) electrons. The van der Waals surface area contributed by atoms with E-state index in [9.17, 15) is 15.2 Å². The van der Waals surface area contributed by atoms with Crippen molar-refractivity contribution >= 4 is 33.6 Å². The fourth-order valence-corrected chi connectivity index (χ4v) is 3.76. The second-order valence-electron chi connectivity index (χ2n) is 7.55. The van der Waals surface area contributed by atoms with Crippen molar-refractivity contribution in [1.82, 2.24) is 0 Å². The Kier molecular flexibility index (Phi) is 11.3. The van der Waals surface area contributed by atoms with Crippen LogP contribution < -0.4 is 14.8 Å². The van der Waals surface area contributed by atoms with Gasteiger partial charge in [0.1, 0.15) is 17.4 Å². The summed E-state index contributed by atoms with van der Waals surface area (Å²) in [5.74, 6) is 0.728. The van der Waals surface area contributed by atoms with Gasteiger partial charge in [0.25, 0.3) is 5.91 Å². The van der Waals surface area contributed by atoms with Gasteiger partial charge in [0.2, 0.25) is 0 Å². The summed E-state index contributed by atoms with van der Waals surface area (Å²) >= 11 is 3.54. The number of anilines is 1. The normalized spacial score (nSPS) is 11.0. The summed E-state index contributed by atoms with van der Waals surface area (Å²) in [4.78, 5) is 12.5. The number of aromatic hydroxyl groups is 1. The Morgan fingerprint density at radius 1 is 1.09 bits per heavy atom. The Balaban J connectivity index is 2.11. The van der Waals surface area contributed by atoms with Crippen LogP contribution in [0, 0.1) is 11.3 Å². The molecule has 1 amide bonds. The van der Waals surface area contributed by atoms with Gasteiger partial charge in [-0.2, -0.15) is 5.26 Å². The fourth-order valence-electron chi connectivity index (χ4n) is 3.19. The number of unbranched alkanes of at least 4 members (excludes halogenated alkanes) is 5. The summed E-state index contributed by atoms with van der Waals surface area (Å²) in [7, 11) is 0. The molecule has 0 aliphatic carbocycles. The van der Waals surface area contributed by atoms with Crippen LogP contribution in [0.3, 0.4) is 0 Å². The summed E-state index contributed by atoms with van der Waals surface area (Å²) in [6.07, 6.45) is 8.57. The fraction of sp³-hybridized carbons (Fsp3) is 0.385. The van der Waals surface area contributed by atoms with Gasteiger partial charge in [-0.05, 0) is 77.3 Å². The van der Waals surface area contributed by atoms with Gasteiger partial charge in [-0.3, -0.25) is 4.79 Å². The first-order valence-electron chi connectivity index (χ1n) is 11.3. The maximum atomic E-state index is 12.5. The van der Waals surface area contributed by atoms with Crippen LogP contribution in [0.1, 0.15) is 57.9 Å². The lowest BCUT2D eigenvalue weighted by molar-refractivity contribution is -0.112. The molecule has 2 aromatic carbocycles. The zero-order chi connectivity index (χ0) is 24.1. The quantitative estimate of drug-likeness (QED) is 0.132. The molecule has 7 heteroatoms. The highest BCUT2D eigenvalue weighted by Gasteiger charge is 2.14. The summed E-state index contributed by atoms with van der Waals surface area (Å²) in [5.41, 5.74) is 1.06. The van der Waals surface area contributed by atoms with Crippen LogP contribution >= 0.6 is 15.9 Å². The number of nitriles is 1. The average molecular weight is 515 g/mol. The number of amides is 1. The van der Waals surface area contributed by atoms with E-state index in [1.807, 2.05) is 13.0 Å². The summed E-state index contributed by atoms with van der Waals surface area (Å²) in [6, 6.07) is 11.5. The number of carbonyl (C=O) groups is 1. The summed E-state index contributed by atoms with van der Waals surface area (Å²) < 4.78 is 12.4. The van der Waals surface area contributed by atoms with Crippen LogP contribution in [-0.2, 0) is 4.79 Å². The number of nitrogens with one attached hydrogen (secondary N) is 1. The third-order valence-corrected chi connectivity index (χ3v) is 5.47. The van der Waals surface area contributed by atoms with Crippen molar-refractivity contribution in [2.45, 2.75) is 52.4 Å². The predicted octanol–water partition coefficient (Wildman–Crippen LogP) is 6.84. The van der Waals surface area contributed by atoms with Crippen molar-refractivity contribution in [3.63, 3.8) is 0 Å². The van der Waals surface area contributed by atoms with Crippen molar-refractivity contribution in [3.8, 4) is 23.3 Å². The second-order valence-corrected chi connectivity index (χ2v) is 8.40. The number of nitrogens with zero attached hydrogens (tertiary/aromatic N) is 1. The van der Waals surface area contributed by atoms with Gasteiger partial charge in [-0.1, -0.05) is 39.0 Å². The predicted molar refractivity (Wildman–Crippen MR) is 135 cm³/mol. The van der Waals surface area contributed by atoms with Crippen molar-refractivity contribution in [1.29, 1.82) is 5.26 Å². The number of hydrogen-bond acceptors (Lipinski definition) is 5. The van der Waals surface area contributed by atoms with Crippen molar-refractivity contribution in [2.75, 3.05) is 18.5 Å². The number of phenolic OH excluding ortho intramolecular Hbond substituents is 1. The van der Waals surface area contributed by atoms with E-state index in [1.54, 1.807) is 24.3 Å². The first kappa shape index (κ1) is 26.3. The Hall–Kier alpha value is -2.98. The van der Waals surface area contributed by atoms with E-state index in [1.165, 1.54) is 43.9 Å². The number of hydrogen-bond donors (Lipinski definition) is 2. The van der Waals surface area contributed by atoms with E-state index in [4.69, 9.17) is 9.47 Å². The lowest BCUT2D eigenvalue weighted by atomic mass is 10.1. The highest BCUT2D eigenvalue weighted by Crippen LogP contribution is 2.37. The van der Waals surface area contributed by atoms with Crippen LogP contribution in [0.2, 0.25) is 0 Å². The summed E-state index contributed by atoms with van der Waals surface area (Å²) in [5, 5.41) is 21.5. The van der Waals surface area contributed by atoms with E-state index in [0.717, 1.165) is 12.8 Å². The molecule has 0 saturated heterocycles. The SMILES string of the molecule is CCCCCCCCOc1c(Br)cc(/C=C(\C#N)C(=O)Nc2ccc(O)cc2)cc1OCC. The lowest BCUT2D eigenvalue weighted by Gasteiger charge is -2.15. The zero-order valence-electron chi connectivity index (χ0n) is 19.2. The lowest BCUT2D eigenvalue weighted by Crippen LogP contribution is -2.13. The molecule has 2 rings (SSSR count). The molecule has 0 bridgehead atoms. The van der Waals surface area contributed by atoms with Gasteiger partial charge >= 0.3 is 0 Å². The van der Waals surface area contributed by atoms with Crippen LogP contribution in [-0.4, -0.2) is 24.2 Å². The van der Waals surface area contributed by atoms with E-state index in [0.29, 0.717) is 40.4 Å². The van der Waals surface area contributed by atoms with Gasteiger partial charge in [0, 0.05) is 5.69 Å². The summed E-state index contributed by atoms with van der Waals surface area (Å²) in [6.45, 7) is 5.15. The molecule has 0 spiro atoms. The number of halogens is 1. The molecule has 0 aliphatic rings. The third kappa shape index (κ3) is 8.82. The Morgan fingerprint density at radius 3 is 2.45 bits per heavy atom. The third-order valence-electron chi connectivity index (χ3n) is 4.88. The van der Waals surface area contributed by atoms with E-state index in [-0.39, 0.29) is 11.3 Å². The first-order valence-corrected chi connectivity index (χ1v) is 12.1. The molecule has 0 atom stereocenters. The molecular weight excluding hydrogens is 484 g/mol. The Bertz CT molecular complexity index is 981. The monoisotopic (exact) mass is 514 g/mol. The van der Waals surface area contributed by atoms with Gasteiger partial charge < -0.3 is 19.9 Å². The molecule has 33 heavy (non-hydrogen) atoms. The maximum absolute atomic E-state index is 12.5. The molecule has 0 heterocycles. The van der Waals surface area contributed by atoms with Crippen LogP contribution in [0.4, 0.5) is 5.69 Å². The molecule has 2 aromatic rings. The molecule has 2 N–H and O–H groups in total. The highest BCUT2D eigenvalue weighted by atomic mass is 79.9.